The van der Waals surface area contributed by atoms with Gasteiger partial charge in [-0.3, -0.25) is 4.79 Å². The van der Waals surface area contributed by atoms with Gasteiger partial charge in [-0.15, -0.1) is 0 Å². The Balaban J connectivity index is 2.15. The van der Waals surface area contributed by atoms with Crippen molar-refractivity contribution in [3.05, 3.63) is 23.6 Å². The number of carbonyl (C=O) groups is 1. The van der Waals surface area contributed by atoms with Crippen molar-refractivity contribution in [2.24, 2.45) is 5.84 Å². The number of pyridine rings is 1. The summed E-state index contributed by atoms with van der Waals surface area (Å²) in [6, 6.07) is 1.51. The molecule has 1 heterocycles. The average Bonchev–Trinajstić information content (AvgIpc) is 2.23. The van der Waals surface area contributed by atoms with Crippen LogP contribution in [0.15, 0.2) is 12.3 Å². The van der Waals surface area contributed by atoms with Crippen molar-refractivity contribution in [1.29, 1.82) is 0 Å². The number of nitrogens with zero attached hydrogens (tertiary/aromatic N) is 1. The highest BCUT2D eigenvalue weighted by Gasteiger charge is 2.22. The summed E-state index contributed by atoms with van der Waals surface area (Å²) in [5, 5.41) is 2.75. The third-order valence-electron chi connectivity index (χ3n) is 2.71. The number of nitrogens with two attached hydrogens (primary N) is 1. The first-order valence-corrected chi connectivity index (χ1v) is 5.14. The molecule has 0 bridgehead atoms. The number of hydrogen-bond acceptors (Lipinski definition) is 4. The molecule has 0 atom stereocenters. The van der Waals surface area contributed by atoms with Gasteiger partial charge in [0.2, 0.25) is 0 Å². The number of hydrogen-bond donors (Lipinski definition) is 3. The molecule has 0 unspecified atom stereocenters. The molecule has 2 rings (SSSR count). The molecule has 0 radical (unpaired) electrons. The number of hydrazine groups is 1. The molecule has 4 N–H and O–H groups in total. The van der Waals surface area contributed by atoms with Crippen molar-refractivity contribution < 1.29 is 9.18 Å². The van der Waals surface area contributed by atoms with Gasteiger partial charge in [0.15, 0.2) is 11.6 Å². The van der Waals surface area contributed by atoms with Crippen molar-refractivity contribution in [1.82, 2.24) is 10.3 Å². The van der Waals surface area contributed by atoms with Crippen LogP contribution in [0.4, 0.5) is 10.2 Å². The second-order valence-corrected chi connectivity index (χ2v) is 3.77. The van der Waals surface area contributed by atoms with Crippen molar-refractivity contribution in [2.45, 2.75) is 25.3 Å². The predicted molar refractivity (Wildman–Crippen MR) is 57.1 cm³/mol. The Morgan fingerprint density at radius 3 is 2.88 bits per heavy atom. The van der Waals surface area contributed by atoms with E-state index in [1.54, 1.807) is 0 Å². The molecule has 0 aromatic carbocycles. The van der Waals surface area contributed by atoms with E-state index in [0.717, 1.165) is 19.3 Å². The van der Waals surface area contributed by atoms with E-state index in [0.29, 0.717) is 0 Å². The van der Waals surface area contributed by atoms with Crippen LogP contribution in [0.3, 0.4) is 0 Å². The smallest absolute Gasteiger partial charge is 0.254 e. The minimum atomic E-state index is -0.721. The first-order valence-electron chi connectivity index (χ1n) is 5.14. The van der Waals surface area contributed by atoms with Crippen LogP contribution in [-0.4, -0.2) is 16.9 Å². The molecule has 16 heavy (non-hydrogen) atoms. The summed E-state index contributed by atoms with van der Waals surface area (Å²) >= 11 is 0. The monoisotopic (exact) mass is 224 g/mol. The summed E-state index contributed by atoms with van der Waals surface area (Å²) in [5.41, 5.74) is 2.07. The lowest BCUT2D eigenvalue weighted by molar-refractivity contribution is 0.0913. The van der Waals surface area contributed by atoms with Gasteiger partial charge in [-0.1, -0.05) is 0 Å². The number of nitrogens with one attached hydrogen (secondary N) is 2. The van der Waals surface area contributed by atoms with Gasteiger partial charge in [-0.25, -0.2) is 15.2 Å². The first kappa shape index (κ1) is 10.8. The summed E-state index contributed by atoms with van der Waals surface area (Å²) in [6.07, 6.45) is 4.37. The second kappa shape index (κ2) is 4.44. The van der Waals surface area contributed by atoms with Crippen LogP contribution in [0, 0.1) is 5.82 Å². The standard InChI is InChI=1S/C10H13FN4O/c11-8-7(4-5-13-9(8)15-12)10(16)14-6-2-1-3-6/h4-6H,1-3,12H2,(H,13,15)(H,14,16). The Morgan fingerprint density at radius 1 is 1.56 bits per heavy atom. The molecule has 6 heteroatoms. The zero-order valence-electron chi connectivity index (χ0n) is 8.66. The number of halogens is 1. The molecule has 1 amide bonds. The second-order valence-electron chi connectivity index (χ2n) is 3.77. The zero-order valence-corrected chi connectivity index (χ0v) is 8.66. The first-order chi connectivity index (χ1) is 7.72. The lowest BCUT2D eigenvalue weighted by Crippen LogP contribution is -2.39. The fraction of sp³-hybridized carbons (Fsp3) is 0.400. The lowest BCUT2D eigenvalue weighted by atomic mass is 9.93. The number of amides is 1. The third kappa shape index (κ3) is 1.96. The highest BCUT2D eigenvalue weighted by molar-refractivity contribution is 5.95. The van der Waals surface area contributed by atoms with E-state index < -0.39 is 11.7 Å². The molecule has 1 aromatic rings. The normalized spacial score (nSPS) is 15.4. The van der Waals surface area contributed by atoms with Crippen molar-refractivity contribution >= 4 is 11.7 Å². The summed E-state index contributed by atoms with van der Waals surface area (Å²) in [6.45, 7) is 0. The fourth-order valence-corrected chi connectivity index (χ4v) is 1.54. The molecule has 1 aromatic heterocycles. The quantitative estimate of drug-likeness (QED) is 0.523. The predicted octanol–water partition coefficient (Wildman–Crippen LogP) is 0.789. The van der Waals surface area contributed by atoms with Crippen LogP contribution in [0.5, 0.6) is 0 Å². The minimum Gasteiger partial charge on any atom is -0.349 e. The van der Waals surface area contributed by atoms with Gasteiger partial charge in [-0.05, 0) is 25.3 Å². The van der Waals surface area contributed by atoms with Crippen LogP contribution >= 0.6 is 0 Å². The summed E-state index contributed by atoms with van der Waals surface area (Å²) < 4.78 is 13.6. The van der Waals surface area contributed by atoms with Crippen molar-refractivity contribution in [3.8, 4) is 0 Å². The Labute approximate surface area is 92.2 Å². The maximum Gasteiger partial charge on any atom is 0.254 e. The number of carbonyl (C=O) groups excluding carboxylic acids is 1. The zero-order chi connectivity index (χ0) is 11.5. The Morgan fingerprint density at radius 2 is 2.31 bits per heavy atom. The Bertz CT molecular complexity index is 406. The van der Waals surface area contributed by atoms with Gasteiger partial charge >= 0.3 is 0 Å². The van der Waals surface area contributed by atoms with Gasteiger partial charge in [0.25, 0.3) is 5.91 Å². The maximum atomic E-state index is 13.6. The van der Waals surface area contributed by atoms with E-state index in [9.17, 15) is 9.18 Å². The van der Waals surface area contributed by atoms with E-state index in [4.69, 9.17) is 5.84 Å². The van der Waals surface area contributed by atoms with Crippen LogP contribution in [0.1, 0.15) is 29.6 Å². The van der Waals surface area contributed by atoms with Gasteiger partial charge in [0.05, 0.1) is 5.56 Å². The summed E-state index contributed by atoms with van der Waals surface area (Å²) in [4.78, 5) is 15.4. The van der Waals surface area contributed by atoms with Gasteiger partial charge in [-0.2, -0.15) is 0 Å². The highest BCUT2D eigenvalue weighted by atomic mass is 19.1. The van der Waals surface area contributed by atoms with Crippen LogP contribution in [0.2, 0.25) is 0 Å². The summed E-state index contributed by atoms with van der Waals surface area (Å²) in [5.74, 6) is 3.81. The van der Waals surface area contributed by atoms with Gasteiger partial charge < -0.3 is 10.7 Å². The van der Waals surface area contributed by atoms with Crippen LogP contribution in [-0.2, 0) is 0 Å². The SMILES string of the molecule is NNc1nccc(C(=O)NC2CCC2)c1F. The van der Waals surface area contributed by atoms with E-state index >= 15 is 0 Å². The van der Waals surface area contributed by atoms with E-state index in [-0.39, 0.29) is 17.4 Å². The average molecular weight is 224 g/mol. The number of nitrogen functional groups attached to an aromatic ring is 1. The molecule has 1 fully saturated rings. The molecular weight excluding hydrogens is 211 g/mol. The summed E-state index contributed by atoms with van der Waals surface area (Å²) in [7, 11) is 0. The van der Waals surface area contributed by atoms with Crippen molar-refractivity contribution in [3.63, 3.8) is 0 Å². The molecule has 0 spiro atoms. The molecule has 1 aliphatic carbocycles. The molecule has 0 saturated heterocycles. The lowest BCUT2D eigenvalue weighted by Gasteiger charge is -2.26. The molecule has 1 aliphatic rings. The molecular formula is C10H13FN4O. The molecule has 86 valence electrons. The molecule has 5 nitrogen and oxygen atoms in total. The van der Waals surface area contributed by atoms with Crippen LogP contribution < -0.4 is 16.6 Å². The molecule has 1 saturated carbocycles. The van der Waals surface area contributed by atoms with E-state index in [2.05, 4.69) is 15.7 Å². The van der Waals surface area contributed by atoms with Crippen LogP contribution in [0.25, 0.3) is 0 Å². The van der Waals surface area contributed by atoms with E-state index in [1.807, 2.05) is 0 Å². The van der Waals surface area contributed by atoms with Gasteiger partial charge in [0, 0.05) is 12.2 Å². The highest BCUT2D eigenvalue weighted by Crippen LogP contribution is 2.20. The third-order valence-corrected chi connectivity index (χ3v) is 2.71. The minimum absolute atomic E-state index is 0.0325. The van der Waals surface area contributed by atoms with Crippen molar-refractivity contribution in [2.75, 3.05) is 5.43 Å². The fourth-order valence-electron chi connectivity index (χ4n) is 1.54. The molecule has 0 aliphatic heterocycles. The maximum absolute atomic E-state index is 13.6. The topological polar surface area (TPSA) is 80.0 Å². The largest absolute Gasteiger partial charge is 0.349 e. The Kier molecular flexibility index (Phi) is 3.00. The van der Waals surface area contributed by atoms with E-state index in [1.165, 1.54) is 12.3 Å². The Hall–Kier alpha value is -1.69. The number of anilines is 1. The number of rotatable bonds is 3. The number of aromatic nitrogens is 1. The van der Waals surface area contributed by atoms with Gasteiger partial charge in [0.1, 0.15) is 0 Å².